The summed E-state index contributed by atoms with van der Waals surface area (Å²) in [4.78, 5) is 14.6. The Kier molecular flexibility index (Phi) is 10.8. The lowest BCUT2D eigenvalue weighted by atomic mass is 9.98. The van der Waals surface area contributed by atoms with Gasteiger partial charge in [0.15, 0.2) is 6.29 Å². The van der Waals surface area contributed by atoms with E-state index in [1.807, 2.05) is 123 Å². The zero-order valence-electron chi connectivity index (χ0n) is 25.2. The van der Waals surface area contributed by atoms with E-state index in [-0.39, 0.29) is 30.9 Å². The van der Waals surface area contributed by atoms with Crippen molar-refractivity contribution in [1.29, 1.82) is 0 Å². The second-order valence-electron chi connectivity index (χ2n) is 11.3. The van der Waals surface area contributed by atoms with Crippen LogP contribution >= 0.6 is 0 Å². The number of ether oxygens (including phenoxy) is 2. The summed E-state index contributed by atoms with van der Waals surface area (Å²) in [6, 6.07) is 34.3. The molecule has 230 valence electrons. The van der Waals surface area contributed by atoms with Crippen LogP contribution in [0.3, 0.4) is 0 Å². The molecule has 0 spiro atoms. The van der Waals surface area contributed by atoms with Gasteiger partial charge in [-0.3, -0.25) is 4.90 Å². The first-order valence-corrected chi connectivity index (χ1v) is 15.0. The van der Waals surface area contributed by atoms with Crippen LogP contribution in [0.15, 0.2) is 109 Å². The minimum absolute atomic E-state index is 0.0166. The second-order valence-corrected chi connectivity index (χ2v) is 11.3. The van der Waals surface area contributed by atoms with Crippen molar-refractivity contribution in [2.45, 2.75) is 57.1 Å². The van der Waals surface area contributed by atoms with Gasteiger partial charge in [0.25, 0.3) is 0 Å². The Morgan fingerprint density at radius 1 is 0.864 bits per heavy atom. The summed E-state index contributed by atoms with van der Waals surface area (Å²) >= 11 is 0. The highest BCUT2D eigenvalue weighted by molar-refractivity contribution is 5.89. The molecule has 8 heteroatoms. The first-order chi connectivity index (χ1) is 21.4. The molecule has 5 atom stereocenters. The van der Waals surface area contributed by atoms with Gasteiger partial charge in [-0.2, -0.15) is 0 Å². The van der Waals surface area contributed by atoms with Crippen molar-refractivity contribution in [1.82, 2.24) is 10.2 Å². The van der Waals surface area contributed by atoms with E-state index in [1.165, 1.54) is 0 Å². The van der Waals surface area contributed by atoms with E-state index < -0.39 is 12.4 Å². The lowest BCUT2D eigenvalue weighted by molar-refractivity contribution is -0.253. The number of carbonyl (C=O) groups excluding carboxylic acids is 1. The number of benzene rings is 4. The van der Waals surface area contributed by atoms with Gasteiger partial charge in [0.1, 0.15) is 0 Å². The summed E-state index contributed by atoms with van der Waals surface area (Å²) in [5.41, 5.74) is 5.24. The SMILES string of the molecule is C[C@@H]([C@H](O)c1ccccc1)N(C)C[C@@H]1C[C@H](c2ccc(CO)cc2)O[C@H](c2ccc(NC(=O)NCc3ccccc3)cc2)O1. The van der Waals surface area contributed by atoms with Gasteiger partial charge >= 0.3 is 6.03 Å². The number of urea groups is 1. The molecule has 0 bridgehead atoms. The smallest absolute Gasteiger partial charge is 0.319 e. The first kappa shape index (κ1) is 31.4. The summed E-state index contributed by atoms with van der Waals surface area (Å²) < 4.78 is 13.0. The standard InChI is InChI=1S/C36H41N3O5/c1-25(34(41)29-11-7-4-8-12-29)39(2)23-32-21-33(28-15-13-27(24-40)14-16-28)44-35(43-32)30-17-19-31(20-18-30)38-36(42)37-22-26-9-5-3-6-10-26/h3-20,25,32-35,40-41H,21-24H2,1-2H3,(H2,37,38,42)/t25-,32-,33+,34-,35+/m0/s1. The molecule has 0 unspecified atom stereocenters. The zero-order chi connectivity index (χ0) is 30.9. The van der Waals surface area contributed by atoms with Crippen molar-refractivity contribution in [3.05, 3.63) is 137 Å². The number of aliphatic hydroxyl groups excluding tert-OH is 2. The van der Waals surface area contributed by atoms with Crippen LogP contribution in [0.5, 0.6) is 0 Å². The van der Waals surface area contributed by atoms with Gasteiger partial charge in [0, 0.05) is 36.8 Å². The maximum Gasteiger partial charge on any atom is 0.319 e. The summed E-state index contributed by atoms with van der Waals surface area (Å²) in [5, 5.41) is 26.3. The van der Waals surface area contributed by atoms with Gasteiger partial charge in [0.05, 0.1) is 24.9 Å². The number of nitrogens with zero attached hydrogens (tertiary/aromatic N) is 1. The third-order valence-electron chi connectivity index (χ3n) is 8.14. The van der Waals surface area contributed by atoms with Gasteiger partial charge in [-0.1, -0.05) is 97.1 Å². The predicted molar refractivity (Wildman–Crippen MR) is 171 cm³/mol. The fraction of sp³-hybridized carbons (Fsp3) is 0.306. The van der Waals surface area contributed by atoms with E-state index in [2.05, 4.69) is 15.5 Å². The average molecular weight is 596 g/mol. The highest BCUT2D eigenvalue weighted by Crippen LogP contribution is 2.38. The molecule has 4 N–H and O–H groups in total. The normalized spacial score (nSPS) is 19.7. The summed E-state index contributed by atoms with van der Waals surface area (Å²) in [6.07, 6.45) is -1.03. The number of nitrogens with one attached hydrogen (secondary N) is 2. The Morgan fingerprint density at radius 3 is 2.16 bits per heavy atom. The third-order valence-corrected chi connectivity index (χ3v) is 8.14. The van der Waals surface area contributed by atoms with Gasteiger partial charge in [-0.25, -0.2) is 4.79 Å². The Labute approximate surface area is 259 Å². The molecule has 4 aromatic carbocycles. The maximum atomic E-state index is 12.4. The number of likely N-dealkylation sites (N-methyl/N-ethyl adjacent to an activating group) is 1. The molecule has 1 aliphatic heterocycles. The molecule has 2 amide bonds. The molecule has 0 saturated carbocycles. The van der Waals surface area contributed by atoms with Crippen molar-refractivity contribution in [2.75, 3.05) is 18.9 Å². The number of carbonyl (C=O) groups is 1. The largest absolute Gasteiger partial charge is 0.392 e. The monoisotopic (exact) mass is 595 g/mol. The van der Waals surface area contributed by atoms with E-state index in [1.54, 1.807) is 0 Å². The number of aliphatic hydroxyl groups is 2. The number of hydrogen-bond acceptors (Lipinski definition) is 6. The fourth-order valence-electron chi connectivity index (χ4n) is 5.37. The van der Waals surface area contributed by atoms with Crippen LogP contribution in [0.2, 0.25) is 0 Å². The van der Waals surface area contributed by atoms with Crippen LogP contribution in [0.4, 0.5) is 10.5 Å². The van der Waals surface area contributed by atoms with Crippen LogP contribution < -0.4 is 10.6 Å². The lowest BCUT2D eigenvalue weighted by Crippen LogP contribution is -2.43. The van der Waals surface area contributed by atoms with Gasteiger partial charge in [-0.15, -0.1) is 0 Å². The molecule has 0 radical (unpaired) electrons. The van der Waals surface area contributed by atoms with Crippen LogP contribution in [-0.4, -0.2) is 46.9 Å². The topological polar surface area (TPSA) is 103 Å². The van der Waals surface area contributed by atoms with E-state index in [9.17, 15) is 15.0 Å². The minimum Gasteiger partial charge on any atom is -0.392 e. The summed E-state index contributed by atoms with van der Waals surface area (Å²) in [6.45, 7) is 3.03. The molecule has 8 nitrogen and oxygen atoms in total. The molecule has 1 aliphatic rings. The average Bonchev–Trinajstić information content (AvgIpc) is 3.07. The number of rotatable bonds is 11. The summed E-state index contributed by atoms with van der Waals surface area (Å²) in [5.74, 6) is 0. The van der Waals surface area contributed by atoms with Crippen LogP contribution in [0, 0.1) is 0 Å². The van der Waals surface area contributed by atoms with E-state index in [0.29, 0.717) is 25.2 Å². The zero-order valence-corrected chi connectivity index (χ0v) is 25.2. The van der Waals surface area contributed by atoms with Gasteiger partial charge in [0.2, 0.25) is 0 Å². The third kappa shape index (κ3) is 8.31. The fourth-order valence-corrected chi connectivity index (χ4v) is 5.37. The molecule has 0 aromatic heterocycles. The number of amides is 2. The van der Waals surface area contributed by atoms with Crippen LogP contribution in [-0.2, 0) is 22.6 Å². The molecule has 5 rings (SSSR count). The molecule has 1 saturated heterocycles. The molecular weight excluding hydrogens is 554 g/mol. The van der Waals surface area contributed by atoms with Crippen LogP contribution in [0.25, 0.3) is 0 Å². The minimum atomic E-state index is -0.636. The molecule has 0 aliphatic carbocycles. The lowest BCUT2D eigenvalue weighted by Gasteiger charge is -2.39. The van der Waals surface area contributed by atoms with Crippen molar-refractivity contribution in [3.8, 4) is 0 Å². The van der Waals surface area contributed by atoms with E-state index in [4.69, 9.17) is 9.47 Å². The van der Waals surface area contributed by atoms with E-state index >= 15 is 0 Å². The molecule has 1 heterocycles. The van der Waals surface area contributed by atoms with Gasteiger partial charge in [-0.05, 0) is 48.4 Å². The van der Waals surface area contributed by atoms with Crippen molar-refractivity contribution in [2.24, 2.45) is 0 Å². The molecule has 4 aromatic rings. The number of hydrogen-bond donors (Lipinski definition) is 4. The van der Waals surface area contributed by atoms with Crippen LogP contribution in [0.1, 0.15) is 59.7 Å². The maximum absolute atomic E-state index is 12.4. The second kappa shape index (κ2) is 15.1. The quantitative estimate of drug-likeness (QED) is 0.167. The Bertz CT molecular complexity index is 1450. The van der Waals surface area contributed by atoms with E-state index in [0.717, 1.165) is 27.8 Å². The Balaban J connectivity index is 1.26. The molecule has 44 heavy (non-hydrogen) atoms. The Morgan fingerprint density at radius 2 is 1.50 bits per heavy atom. The van der Waals surface area contributed by atoms with Gasteiger partial charge < -0.3 is 30.3 Å². The number of anilines is 1. The molecular formula is C36H41N3O5. The molecule has 1 fully saturated rings. The summed E-state index contributed by atoms with van der Waals surface area (Å²) in [7, 11) is 2.00. The Hall–Kier alpha value is -4.05. The van der Waals surface area contributed by atoms with Crippen molar-refractivity contribution >= 4 is 11.7 Å². The highest BCUT2D eigenvalue weighted by Gasteiger charge is 2.34. The van der Waals surface area contributed by atoms with Crippen molar-refractivity contribution in [3.63, 3.8) is 0 Å². The highest BCUT2D eigenvalue weighted by atomic mass is 16.7. The first-order valence-electron chi connectivity index (χ1n) is 15.0. The van der Waals surface area contributed by atoms with Crippen molar-refractivity contribution < 1.29 is 24.5 Å². The predicted octanol–water partition coefficient (Wildman–Crippen LogP) is 6.10.